The van der Waals surface area contributed by atoms with Crippen LogP contribution >= 0.6 is 0 Å². The molecule has 0 aromatic heterocycles. The first-order valence-electron chi connectivity index (χ1n) is 5.46. The monoisotopic (exact) mass is 179 g/mol. The second-order valence-corrected chi connectivity index (χ2v) is 4.12. The Bertz CT molecular complexity index is 187. The van der Waals surface area contributed by atoms with Gasteiger partial charge in [-0.1, -0.05) is 25.7 Å². The Kier molecular flexibility index (Phi) is 4.93. The topological polar surface area (TPSA) is 12.0 Å². The Labute approximate surface area is 82.3 Å². The SMILES string of the molecule is CC#CCNC1CCCC(C)CC1. The molecule has 0 aromatic carbocycles. The zero-order chi connectivity index (χ0) is 9.52. The van der Waals surface area contributed by atoms with Crippen molar-refractivity contribution < 1.29 is 0 Å². The van der Waals surface area contributed by atoms with Crippen molar-refractivity contribution in [1.29, 1.82) is 0 Å². The summed E-state index contributed by atoms with van der Waals surface area (Å²) in [5.74, 6) is 6.92. The summed E-state index contributed by atoms with van der Waals surface area (Å²) in [6, 6.07) is 0.728. The van der Waals surface area contributed by atoms with Crippen molar-refractivity contribution in [2.24, 2.45) is 5.92 Å². The van der Waals surface area contributed by atoms with E-state index in [1.165, 1.54) is 32.1 Å². The summed E-state index contributed by atoms with van der Waals surface area (Å²) in [6.45, 7) is 5.14. The Balaban J connectivity index is 2.20. The molecule has 1 fully saturated rings. The minimum atomic E-state index is 0.728. The van der Waals surface area contributed by atoms with Crippen molar-refractivity contribution in [3.8, 4) is 11.8 Å². The highest BCUT2D eigenvalue weighted by Crippen LogP contribution is 2.22. The molecule has 1 aliphatic rings. The minimum Gasteiger partial charge on any atom is -0.303 e. The smallest absolute Gasteiger partial charge is 0.0578 e. The van der Waals surface area contributed by atoms with Gasteiger partial charge in [0.2, 0.25) is 0 Å². The number of rotatable bonds is 2. The van der Waals surface area contributed by atoms with Crippen LogP contribution in [-0.2, 0) is 0 Å². The van der Waals surface area contributed by atoms with E-state index in [4.69, 9.17) is 0 Å². The predicted molar refractivity (Wildman–Crippen MR) is 57.5 cm³/mol. The van der Waals surface area contributed by atoms with Gasteiger partial charge < -0.3 is 5.32 Å². The lowest BCUT2D eigenvalue weighted by Crippen LogP contribution is -2.28. The fourth-order valence-electron chi connectivity index (χ4n) is 1.97. The fourth-order valence-corrected chi connectivity index (χ4v) is 1.97. The Morgan fingerprint density at radius 1 is 1.23 bits per heavy atom. The molecule has 1 heteroatoms. The summed E-state index contributed by atoms with van der Waals surface area (Å²) >= 11 is 0. The van der Waals surface area contributed by atoms with Gasteiger partial charge in [-0.3, -0.25) is 0 Å². The molecule has 0 amide bonds. The molecule has 74 valence electrons. The lowest BCUT2D eigenvalue weighted by atomic mass is 10.0. The Morgan fingerprint density at radius 3 is 2.85 bits per heavy atom. The average Bonchev–Trinajstić information content (AvgIpc) is 2.32. The average molecular weight is 179 g/mol. The molecule has 0 bridgehead atoms. The van der Waals surface area contributed by atoms with Crippen LogP contribution in [0.4, 0.5) is 0 Å². The van der Waals surface area contributed by atoms with Crippen LogP contribution in [0.5, 0.6) is 0 Å². The van der Waals surface area contributed by atoms with Crippen molar-refractivity contribution in [3.63, 3.8) is 0 Å². The third-order valence-corrected chi connectivity index (χ3v) is 2.91. The molecule has 1 aliphatic carbocycles. The lowest BCUT2D eigenvalue weighted by Gasteiger charge is -2.13. The van der Waals surface area contributed by atoms with Gasteiger partial charge >= 0.3 is 0 Å². The van der Waals surface area contributed by atoms with Crippen molar-refractivity contribution in [1.82, 2.24) is 5.32 Å². The van der Waals surface area contributed by atoms with Gasteiger partial charge in [-0.15, -0.1) is 5.92 Å². The molecule has 13 heavy (non-hydrogen) atoms. The van der Waals surface area contributed by atoms with Gasteiger partial charge in [0.15, 0.2) is 0 Å². The highest BCUT2D eigenvalue weighted by molar-refractivity contribution is 4.97. The molecular formula is C12H21N. The summed E-state index contributed by atoms with van der Waals surface area (Å²) in [5, 5.41) is 3.51. The largest absolute Gasteiger partial charge is 0.303 e. The summed E-state index contributed by atoms with van der Waals surface area (Å²) in [7, 11) is 0. The van der Waals surface area contributed by atoms with Crippen LogP contribution < -0.4 is 5.32 Å². The predicted octanol–water partition coefficient (Wildman–Crippen LogP) is 2.57. The highest BCUT2D eigenvalue weighted by atomic mass is 14.9. The molecule has 1 N–H and O–H groups in total. The molecule has 1 rings (SSSR count). The van der Waals surface area contributed by atoms with Crippen molar-refractivity contribution in [2.75, 3.05) is 6.54 Å². The summed E-state index contributed by atoms with van der Waals surface area (Å²) in [5.41, 5.74) is 0. The summed E-state index contributed by atoms with van der Waals surface area (Å²) in [6.07, 6.45) is 6.87. The van der Waals surface area contributed by atoms with Gasteiger partial charge in [0.25, 0.3) is 0 Å². The van der Waals surface area contributed by atoms with Crippen LogP contribution in [0.1, 0.15) is 46.0 Å². The molecule has 1 saturated carbocycles. The lowest BCUT2D eigenvalue weighted by molar-refractivity contribution is 0.466. The zero-order valence-corrected chi connectivity index (χ0v) is 8.90. The van der Waals surface area contributed by atoms with Crippen LogP contribution in [0, 0.1) is 17.8 Å². The van der Waals surface area contributed by atoms with E-state index >= 15 is 0 Å². The van der Waals surface area contributed by atoms with Crippen molar-refractivity contribution in [2.45, 2.75) is 52.0 Å². The first-order valence-corrected chi connectivity index (χ1v) is 5.46. The fraction of sp³-hybridized carbons (Fsp3) is 0.833. The van der Waals surface area contributed by atoms with Crippen LogP contribution in [-0.4, -0.2) is 12.6 Å². The minimum absolute atomic E-state index is 0.728. The highest BCUT2D eigenvalue weighted by Gasteiger charge is 2.14. The van der Waals surface area contributed by atoms with Gasteiger partial charge in [-0.2, -0.15) is 0 Å². The summed E-state index contributed by atoms with van der Waals surface area (Å²) < 4.78 is 0. The molecule has 0 aliphatic heterocycles. The van der Waals surface area contributed by atoms with Gasteiger partial charge in [-0.25, -0.2) is 0 Å². The first-order chi connectivity index (χ1) is 6.33. The van der Waals surface area contributed by atoms with Crippen LogP contribution in [0.3, 0.4) is 0 Å². The molecule has 0 aromatic rings. The van der Waals surface area contributed by atoms with E-state index < -0.39 is 0 Å². The van der Waals surface area contributed by atoms with E-state index in [0.717, 1.165) is 18.5 Å². The van der Waals surface area contributed by atoms with Crippen LogP contribution in [0.2, 0.25) is 0 Å². The Hall–Kier alpha value is -0.480. The maximum absolute atomic E-state index is 3.51. The molecule has 0 radical (unpaired) electrons. The van der Waals surface area contributed by atoms with E-state index in [1.54, 1.807) is 0 Å². The molecule has 0 heterocycles. The van der Waals surface area contributed by atoms with E-state index in [-0.39, 0.29) is 0 Å². The second-order valence-electron chi connectivity index (χ2n) is 4.12. The zero-order valence-electron chi connectivity index (χ0n) is 8.90. The molecular weight excluding hydrogens is 158 g/mol. The van der Waals surface area contributed by atoms with Gasteiger partial charge in [0, 0.05) is 6.04 Å². The molecule has 2 unspecified atom stereocenters. The summed E-state index contributed by atoms with van der Waals surface area (Å²) in [4.78, 5) is 0. The van der Waals surface area contributed by atoms with Gasteiger partial charge in [0.1, 0.15) is 0 Å². The van der Waals surface area contributed by atoms with E-state index in [1.807, 2.05) is 6.92 Å². The number of hydrogen-bond acceptors (Lipinski definition) is 1. The van der Waals surface area contributed by atoms with E-state index in [2.05, 4.69) is 24.1 Å². The first kappa shape index (κ1) is 10.6. The Morgan fingerprint density at radius 2 is 2.08 bits per heavy atom. The number of nitrogens with one attached hydrogen (secondary N) is 1. The van der Waals surface area contributed by atoms with Crippen LogP contribution in [0.15, 0.2) is 0 Å². The van der Waals surface area contributed by atoms with Crippen molar-refractivity contribution >= 4 is 0 Å². The molecule has 2 atom stereocenters. The quantitative estimate of drug-likeness (QED) is 0.507. The third kappa shape index (κ3) is 4.33. The van der Waals surface area contributed by atoms with Gasteiger partial charge in [-0.05, 0) is 32.1 Å². The van der Waals surface area contributed by atoms with Crippen LogP contribution in [0.25, 0.3) is 0 Å². The maximum atomic E-state index is 3.51. The van der Waals surface area contributed by atoms with E-state index in [0.29, 0.717) is 0 Å². The normalized spacial score (nSPS) is 28.8. The van der Waals surface area contributed by atoms with Crippen molar-refractivity contribution in [3.05, 3.63) is 0 Å². The standard InChI is InChI=1S/C12H21N/c1-3-4-10-13-12-7-5-6-11(2)8-9-12/h11-13H,5-10H2,1-2H3. The van der Waals surface area contributed by atoms with Gasteiger partial charge in [0.05, 0.1) is 6.54 Å². The number of hydrogen-bond donors (Lipinski definition) is 1. The molecule has 1 nitrogen and oxygen atoms in total. The molecule has 0 saturated heterocycles. The maximum Gasteiger partial charge on any atom is 0.0578 e. The second kappa shape index (κ2) is 6.05. The third-order valence-electron chi connectivity index (χ3n) is 2.91. The van der Waals surface area contributed by atoms with E-state index in [9.17, 15) is 0 Å². The molecule has 0 spiro atoms.